The Bertz CT molecular complexity index is 572. The van der Waals surface area contributed by atoms with Gasteiger partial charge in [0.2, 0.25) is 5.91 Å². The second-order valence-electron chi connectivity index (χ2n) is 5.31. The summed E-state index contributed by atoms with van der Waals surface area (Å²) in [5.41, 5.74) is 8.34. The monoisotopic (exact) mass is 291 g/mol. The van der Waals surface area contributed by atoms with Crippen LogP contribution in [0.5, 0.6) is 0 Å². The number of amides is 1. The molecular formula is C15H21N3O3. The highest BCUT2D eigenvalue weighted by atomic mass is 16.5. The van der Waals surface area contributed by atoms with Gasteiger partial charge >= 0.3 is 5.97 Å². The van der Waals surface area contributed by atoms with Crippen molar-refractivity contribution in [1.82, 2.24) is 4.90 Å². The molecule has 0 saturated carbocycles. The molecule has 0 aliphatic carbocycles. The van der Waals surface area contributed by atoms with Crippen molar-refractivity contribution in [2.24, 2.45) is 0 Å². The molecule has 1 aliphatic rings. The van der Waals surface area contributed by atoms with Crippen molar-refractivity contribution in [2.45, 2.75) is 13.3 Å². The largest absolute Gasteiger partial charge is 0.465 e. The van der Waals surface area contributed by atoms with Crippen LogP contribution in [0.4, 0.5) is 11.4 Å². The van der Waals surface area contributed by atoms with Crippen LogP contribution in [0.25, 0.3) is 0 Å². The molecule has 1 amide bonds. The van der Waals surface area contributed by atoms with E-state index in [-0.39, 0.29) is 5.91 Å². The summed E-state index contributed by atoms with van der Waals surface area (Å²) in [4.78, 5) is 27.5. The van der Waals surface area contributed by atoms with Gasteiger partial charge in [-0.3, -0.25) is 4.79 Å². The minimum atomic E-state index is -0.462. The van der Waals surface area contributed by atoms with Gasteiger partial charge in [0.1, 0.15) is 0 Å². The lowest BCUT2D eigenvalue weighted by atomic mass is 10.1. The molecular weight excluding hydrogens is 270 g/mol. The molecule has 1 fully saturated rings. The summed E-state index contributed by atoms with van der Waals surface area (Å²) in [6.07, 6.45) is 0.888. The van der Waals surface area contributed by atoms with Crippen molar-refractivity contribution in [3.63, 3.8) is 0 Å². The van der Waals surface area contributed by atoms with Crippen molar-refractivity contribution in [1.29, 1.82) is 0 Å². The van der Waals surface area contributed by atoms with Crippen LogP contribution in [0.1, 0.15) is 22.3 Å². The molecule has 1 aromatic carbocycles. The van der Waals surface area contributed by atoms with Crippen LogP contribution in [-0.2, 0) is 9.53 Å². The number of hydrogen-bond acceptors (Lipinski definition) is 5. The maximum absolute atomic E-state index is 12.0. The second-order valence-corrected chi connectivity index (χ2v) is 5.31. The van der Waals surface area contributed by atoms with Crippen LogP contribution in [-0.4, -0.2) is 50.6 Å². The minimum absolute atomic E-state index is 0.0709. The van der Waals surface area contributed by atoms with E-state index in [2.05, 4.69) is 0 Å². The van der Waals surface area contributed by atoms with Crippen LogP contribution < -0.4 is 10.6 Å². The molecule has 6 nitrogen and oxygen atoms in total. The highest BCUT2D eigenvalue weighted by Gasteiger charge is 2.21. The number of likely N-dealkylation sites (N-methyl/N-ethyl adjacent to an activating group) is 1. The zero-order valence-electron chi connectivity index (χ0n) is 12.7. The number of carbonyl (C=O) groups excluding carboxylic acids is 2. The van der Waals surface area contributed by atoms with Gasteiger partial charge in [-0.15, -0.1) is 0 Å². The van der Waals surface area contributed by atoms with Gasteiger partial charge in [-0.1, -0.05) is 0 Å². The Hall–Kier alpha value is -2.24. The molecule has 6 heteroatoms. The Morgan fingerprint density at radius 3 is 2.71 bits per heavy atom. The number of benzene rings is 1. The molecule has 114 valence electrons. The Morgan fingerprint density at radius 2 is 2.05 bits per heavy atom. The van der Waals surface area contributed by atoms with Crippen molar-refractivity contribution < 1.29 is 14.3 Å². The first-order valence-electron chi connectivity index (χ1n) is 6.91. The second kappa shape index (κ2) is 6.03. The zero-order valence-corrected chi connectivity index (χ0v) is 12.7. The van der Waals surface area contributed by atoms with Crippen LogP contribution >= 0.6 is 0 Å². The van der Waals surface area contributed by atoms with Crippen molar-refractivity contribution in [3.8, 4) is 0 Å². The fourth-order valence-corrected chi connectivity index (χ4v) is 2.45. The van der Waals surface area contributed by atoms with Crippen LogP contribution in [0.3, 0.4) is 0 Å². The molecule has 2 N–H and O–H groups in total. The highest BCUT2D eigenvalue weighted by Crippen LogP contribution is 2.27. The zero-order chi connectivity index (χ0) is 15.6. The third kappa shape index (κ3) is 3.09. The minimum Gasteiger partial charge on any atom is -0.465 e. The van der Waals surface area contributed by atoms with E-state index in [1.807, 2.05) is 17.9 Å². The fraction of sp³-hybridized carbons (Fsp3) is 0.467. The number of anilines is 2. The molecule has 1 heterocycles. The number of carbonyl (C=O) groups is 2. The molecule has 1 aliphatic heterocycles. The predicted octanol–water partition coefficient (Wildman–Crippen LogP) is 1.03. The van der Waals surface area contributed by atoms with Crippen LogP contribution in [0.2, 0.25) is 0 Å². The highest BCUT2D eigenvalue weighted by molar-refractivity contribution is 5.97. The van der Waals surface area contributed by atoms with Crippen LogP contribution in [0, 0.1) is 6.92 Å². The summed E-state index contributed by atoms with van der Waals surface area (Å²) in [6, 6.07) is 3.60. The van der Waals surface area contributed by atoms with Gasteiger partial charge in [0, 0.05) is 31.5 Å². The van der Waals surface area contributed by atoms with E-state index in [4.69, 9.17) is 10.5 Å². The number of methoxy groups -OCH3 is 1. The molecule has 0 atom stereocenters. The average molecular weight is 291 g/mol. The Labute approximate surface area is 124 Å². The Balaban J connectivity index is 2.37. The Morgan fingerprint density at radius 1 is 1.33 bits per heavy atom. The normalized spacial score (nSPS) is 15.9. The molecule has 0 spiro atoms. The number of aryl methyl sites for hydroxylation is 1. The molecule has 0 unspecified atom stereocenters. The van der Waals surface area contributed by atoms with Crippen molar-refractivity contribution in [3.05, 3.63) is 23.3 Å². The number of ether oxygens (including phenoxy) is 1. The molecule has 2 rings (SSSR count). The summed E-state index contributed by atoms with van der Waals surface area (Å²) >= 11 is 0. The fourth-order valence-electron chi connectivity index (χ4n) is 2.45. The third-order valence-electron chi connectivity index (χ3n) is 3.82. The number of rotatable bonds is 2. The lowest BCUT2D eigenvalue weighted by Gasteiger charge is -2.23. The standard InChI is InChI=1S/C15H21N3O3/c1-10-7-11(8-12(14(10)16)15(20)21-3)18-6-4-5-17(2)13(19)9-18/h7-8H,4-6,9,16H2,1-3H3. The topological polar surface area (TPSA) is 75.9 Å². The van der Waals surface area contributed by atoms with E-state index in [1.54, 1.807) is 18.0 Å². The molecule has 0 aromatic heterocycles. The van der Waals surface area contributed by atoms with Gasteiger partial charge < -0.3 is 20.3 Å². The first-order valence-corrected chi connectivity index (χ1v) is 6.91. The quantitative estimate of drug-likeness (QED) is 0.650. The van der Waals surface area contributed by atoms with E-state index >= 15 is 0 Å². The SMILES string of the molecule is COC(=O)c1cc(N2CCCN(C)C(=O)C2)cc(C)c1N. The summed E-state index contributed by atoms with van der Waals surface area (Å²) < 4.78 is 4.76. The van der Waals surface area contributed by atoms with Crippen molar-refractivity contribution >= 4 is 23.3 Å². The number of nitrogens with zero attached hydrogens (tertiary/aromatic N) is 2. The molecule has 1 aromatic rings. The average Bonchev–Trinajstić information content (AvgIpc) is 2.63. The summed E-state index contributed by atoms with van der Waals surface area (Å²) in [5, 5.41) is 0. The molecule has 0 radical (unpaired) electrons. The van der Waals surface area contributed by atoms with Gasteiger partial charge in [0.05, 0.1) is 19.2 Å². The summed E-state index contributed by atoms with van der Waals surface area (Å²) in [6.45, 7) is 3.66. The van der Waals surface area contributed by atoms with Gasteiger partial charge in [0.25, 0.3) is 0 Å². The van der Waals surface area contributed by atoms with E-state index in [0.29, 0.717) is 17.8 Å². The first kappa shape index (κ1) is 15.2. The molecule has 0 bridgehead atoms. The lowest BCUT2D eigenvalue weighted by Crippen LogP contribution is -2.34. The summed E-state index contributed by atoms with van der Waals surface area (Å²) in [7, 11) is 3.13. The van der Waals surface area contributed by atoms with E-state index in [9.17, 15) is 9.59 Å². The maximum Gasteiger partial charge on any atom is 0.340 e. The predicted molar refractivity (Wildman–Crippen MR) is 81.4 cm³/mol. The van der Waals surface area contributed by atoms with Crippen LogP contribution in [0.15, 0.2) is 12.1 Å². The smallest absolute Gasteiger partial charge is 0.340 e. The third-order valence-corrected chi connectivity index (χ3v) is 3.82. The van der Waals surface area contributed by atoms with Gasteiger partial charge in [-0.25, -0.2) is 4.79 Å². The molecule has 21 heavy (non-hydrogen) atoms. The Kier molecular flexibility index (Phi) is 4.35. The van der Waals surface area contributed by atoms with E-state index in [0.717, 1.165) is 30.8 Å². The summed E-state index contributed by atoms with van der Waals surface area (Å²) in [5.74, 6) is -0.391. The first-order chi connectivity index (χ1) is 9.93. The van der Waals surface area contributed by atoms with Crippen molar-refractivity contribution in [2.75, 3.05) is 44.4 Å². The molecule has 1 saturated heterocycles. The van der Waals surface area contributed by atoms with Gasteiger partial charge in [-0.05, 0) is 31.0 Å². The number of esters is 1. The number of nitrogens with two attached hydrogens (primary N) is 1. The van der Waals surface area contributed by atoms with Gasteiger partial charge in [-0.2, -0.15) is 0 Å². The van der Waals surface area contributed by atoms with E-state index in [1.165, 1.54) is 7.11 Å². The number of hydrogen-bond donors (Lipinski definition) is 1. The lowest BCUT2D eigenvalue weighted by molar-refractivity contribution is -0.127. The number of nitrogen functional groups attached to an aromatic ring is 1. The van der Waals surface area contributed by atoms with Gasteiger partial charge in [0.15, 0.2) is 0 Å². The van der Waals surface area contributed by atoms with E-state index < -0.39 is 5.97 Å². The maximum atomic E-state index is 12.0.